The van der Waals surface area contributed by atoms with Gasteiger partial charge in [0.05, 0.1) is 16.8 Å². The number of anilines is 2. The van der Waals surface area contributed by atoms with Gasteiger partial charge in [-0.05, 0) is 49.2 Å². The number of rotatable bonds is 6. The monoisotopic (exact) mass is 424 g/mol. The summed E-state index contributed by atoms with van der Waals surface area (Å²) >= 11 is 0. The Morgan fingerprint density at radius 3 is 2.33 bits per heavy atom. The molecule has 7 nitrogen and oxygen atoms in total. The van der Waals surface area contributed by atoms with Gasteiger partial charge in [-0.25, -0.2) is 13.1 Å². The van der Waals surface area contributed by atoms with E-state index in [-0.39, 0.29) is 16.7 Å². The molecule has 4 rings (SSSR count). The minimum Gasteiger partial charge on any atom is -0.326 e. The number of carbonyl (C=O) groups is 1. The van der Waals surface area contributed by atoms with Crippen LogP contribution in [0.25, 0.3) is 5.69 Å². The molecule has 1 aromatic heterocycles. The average molecular weight is 425 g/mol. The number of amides is 1. The van der Waals surface area contributed by atoms with E-state index in [1.165, 1.54) is 29.4 Å². The van der Waals surface area contributed by atoms with Gasteiger partial charge >= 0.3 is 0 Å². The van der Waals surface area contributed by atoms with Gasteiger partial charge in [-0.15, -0.1) is 0 Å². The largest absolute Gasteiger partial charge is 0.326 e. The van der Waals surface area contributed by atoms with E-state index in [9.17, 15) is 13.2 Å². The smallest absolute Gasteiger partial charge is 0.263 e. The van der Waals surface area contributed by atoms with Crippen molar-refractivity contribution in [2.24, 2.45) is 5.92 Å². The Bertz CT molecular complexity index is 1100. The second-order valence-corrected chi connectivity index (χ2v) is 9.10. The predicted octanol–water partition coefficient (Wildman–Crippen LogP) is 4.19. The third kappa shape index (κ3) is 4.54. The number of carbonyl (C=O) groups excluding carboxylic acids is 1. The van der Waals surface area contributed by atoms with Crippen molar-refractivity contribution < 1.29 is 13.2 Å². The van der Waals surface area contributed by atoms with Gasteiger partial charge < -0.3 is 5.32 Å². The second kappa shape index (κ2) is 8.71. The van der Waals surface area contributed by atoms with Crippen LogP contribution in [-0.2, 0) is 14.8 Å². The van der Waals surface area contributed by atoms with Crippen molar-refractivity contribution in [1.29, 1.82) is 0 Å². The molecule has 0 spiro atoms. The van der Waals surface area contributed by atoms with Crippen molar-refractivity contribution in [3.8, 4) is 5.69 Å². The van der Waals surface area contributed by atoms with Crippen molar-refractivity contribution in [2.45, 2.75) is 37.0 Å². The molecule has 0 bridgehead atoms. The zero-order valence-corrected chi connectivity index (χ0v) is 17.3. The highest BCUT2D eigenvalue weighted by Gasteiger charge is 2.22. The second-order valence-electron chi connectivity index (χ2n) is 7.42. The quantitative estimate of drug-likeness (QED) is 0.620. The lowest BCUT2D eigenvalue weighted by molar-refractivity contribution is -0.120. The average Bonchev–Trinajstić information content (AvgIpc) is 3.23. The number of hydrogen-bond acceptors (Lipinski definition) is 4. The molecule has 0 saturated heterocycles. The predicted molar refractivity (Wildman–Crippen MR) is 116 cm³/mol. The van der Waals surface area contributed by atoms with E-state index >= 15 is 0 Å². The van der Waals surface area contributed by atoms with Crippen molar-refractivity contribution in [1.82, 2.24) is 9.78 Å². The summed E-state index contributed by atoms with van der Waals surface area (Å²) in [5.74, 6) is 0.396. The highest BCUT2D eigenvalue weighted by atomic mass is 32.2. The highest BCUT2D eigenvalue weighted by molar-refractivity contribution is 7.92. The van der Waals surface area contributed by atoms with Crippen molar-refractivity contribution in [2.75, 3.05) is 10.0 Å². The van der Waals surface area contributed by atoms with Crippen molar-refractivity contribution in [3.05, 3.63) is 66.9 Å². The summed E-state index contributed by atoms with van der Waals surface area (Å²) in [6.45, 7) is 0. The number of para-hydroxylation sites is 1. The maximum Gasteiger partial charge on any atom is 0.263 e. The van der Waals surface area contributed by atoms with Crippen LogP contribution >= 0.6 is 0 Å². The Morgan fingerprint density at radius 1 is 0.933 bits per heavy atom. The number of hydrogen-bond donors (Lipinski definition) is 2. The first-order chi connectivity index (χ1) is 14.5. The molecule has 2 N–H and O–H groups in total. The Balaban J connectivity index is 1.46. The highest BCUT2D eigenvalue weighted by Crippen LogP contribution is 2.25. The summed E-state index contributed by atoms with van der Waals surface area (Å²) in [5.41, 5.74) is 1.35. The molecule has 0 radical (unpaired) electrons. The van der Waals surface area contributed by atoms with E-state index in [0.29, 0.717) is 11.5 Å². The van der Waals surface area contributed by atoms with Gasteiger partial charge in [-0.1, -0.05) is 37.5 Å². The summed E-state index contributed by atoms with van der Waals surface area (Å²) in [6, 6.07) is 17.1. The summed E-state index contributed by atoms with van der Waals surface area (Å²) in [5, 5.41) is 7.10. The van der Waals surface area contributed by atoms with Gasteiger partial charge in [0.25, 0.3) is 10.0 Å². The van der Waals surface area contributed by atoms with Crippen LogP contribution in [0, 0.1) is 5.92 Å². The first kappa shape index (κ1) is 20.2. The van der Waals surface area contributed by atoms with Crippen molar-refractivity contribution >= 4 is 27.4 Å². The Hall–Kier alpha value is -3.13. The molecule has 1 aliphatic rings. The van der Waals surface area contributed by atoms with Crippen LogP contribution in [0.2, 0.25) is 0 Å². The van der Waals surface area contributed by atoms with E-state index < -0.39 is 10.0 Å². The normalized spacial score (nSPS) is 14.9. The van der Waals surface area contributed by atoms with Crippen LogP contribution in [0.1, 0.15) is 32.1 Å². The van der Waals surface area contributed by atoms with Gasteiger partial charge in [-0.2, -0.15) is 5.10 Å². The van der Waals surface area contributed by atoms with E-state index in [0.717, 1.165) is 31.4 Å². The Morgan fingerprint density at radius 2 is 1.63 bits per heavy atom. The topological polar surface area (TPSA) is 93.1 Å². The number of aromatic nitrogens is 2. The fourth-order valence-corrected chi connectivity index (χ4v) is 4.72. The summed E-state index contributed by atoms with van der Waals surface area (Å²) < 4.78 is 29.8. The summed E-state index contributed by atoms with van der Waals surface area (Å²) in [7, 11) is -3.80. The molecule has 2 aromatic carbocycles. The van der Waals surface area contributed by atoms with E-state index in [2.05, 4.69) is 15.1 Å². The van der Waals surface area contributed by atoms with E-state index in [4.69, 9.17) is 0 Å². The van der Waals surface area contributed by atoms with E-state index in [1.807, 2.05) is 30.3 Å². The summed E-state index contributed by atoms with van der Waals surface area (Å²) in [6.07, 6.45) is 6.72. The lowest BCUT2D eigenvalue weighted by Gasteiger charge is -2.20. The Kier molecular flexibility index (Phi) is 5.85. The molecule has 0 atom stereocenters. The molecule has 0 aliphatic heterocycles. The fraction of sp³-hybridized carbons (Fsp3) is 0.273. The van der Waals surface area contributed by atoms with Crippen LogP contribution in [0.4, 0.5) is 11.5 Å². The number of nitrogens with one attached hydrogen (secondary N) is 2. The molecule has 3 aromatic rings. The van der Waals surface area contributed by atoms with E-state index in [1.54, 1.807) is 18.2 Å². The number of benzene rings is 2. The molecule has 1 heterocycles. The molecule has 156 valence electrons. The molecule has 8 heteroatoms. The van der Waals surface area contributed by atoms with Gasteiger partial charge in [0, 0.05) is 17.7 Å². The van der Waals surface area contributed by atoms with Gasteiger partial charge in [0.15, 0.2) is 0 Å². The van der Waals surface area contributed by atoms with Gasteiger partial charge in [0.2, 0.25) is 5.91 Å². The molecule has 30 heavy (non-hydrogen) atoms. The molecular weight excluding hydrogens is 400 g/mol. The molecular formula is C22H24N4O3S. The zero-order chi connectivity index (χ0) is 21.0. The van der Waals surface area contributed by atoms with Crippen LogP contribution in [0.15, 0.2) is 71.8 Å². The minimum atomic E-state index is -3.80. The third-order valence-corrected chi connectivity index (χ3v) is 6.66. The van der Waals surface area contributed by atoms with Gasteiger partial charge in [-0.3, -0.25) is 9.52 Å². The van der Waals surface area contributed by atoms with Crippen LogP contribution < -0.4 is 10.0 Å². The zero-order valence-electron chi connectivity index (χ0n) is 16.5. The number of nitrogens with zero attached hydrogens (tertiary/aromatic N) is 2. The SMILES string of the molecule is O=C(Nc1ccc(S(=O)(=O)Nc2ccnn2-c2ccccc2)cc1)C1CCCCC1. The first-order valence-corrected chi connectivity index (χ1v) is 11.5. The van der Waals surface area contributed by atoms with Crippen LogP contribution in [0.3, 0.4) is 0 Å². The Labute approximate surface area is 176 Å². The molecule has 1 fully saturated rings. The lowest BCUT2D eigenvalue weighted by Crippen LogP contribution is -2.24. The maximum atomic E-state index is 12.8. The van der Waals surface area contributed by atoms with Crippen LogP contribution in [0.5, 0.6) is 0 Å². The lowest BCUT2D eigenvalue weighted by atomic mass is 9.88. The number of sulfonamides is 1. The first-order valence-electron chi connectivity index (χ1n) is 10.1. The molecule has 0 unspecified atom stereocenters. The maximum absolute atomic E-state index is 12.8. The minimum absolute atomic E-state index is 0.00944. The molecule has 1 aliphatic carbocycles. The molecule has 1 saturated carbocycles. The fourth-order valence-electron chi connectivity index (χ4n) is 3.68. The standard InChI is InChI=1S/C22H24N4O3S/c27-22(17-7-3-1-4-8-17)24-18-11-13-20(14-12-18)30(28,29)25-21-15-16-23-26(21)19-9-5-2-6-10-19/h2,5-6,9-17,25H,1,3-4,7-8H2,(H,24,27). The van der Waals surface area contributed by atoms with Crippen LogP contribution in [-0.4, -0.2) is 24.1 Å². The van der Waals surface area contributed by atoms with Crippen molar-refractivity contribution in [3.63, 3.8) is 0 Å². The summed E-state index contributed by atoms with van der Waals surface area (Å²) in [4.78, 5) is 12.5. The third-order valence-electron chi connectivity index (χ3n) is 5.29. The van der Waals surface area contributed by atoms with Gasteiger partial charge in [0.1, 0.15) is 5.82 Å². The molecule has 1 amide bonds.